The summed E-state index contributed by atoms with van der Waals surface area (Å²) in [4.78, 5) is 39.3. The lowest BCUT2D eigenvalue weighted by atomic mass is 10.1. The van der Waals surface area contributed by atoms with E-state index in [0.29, 0.717) is 6.54 Å². The Bertz CT molecular complexity index is 780. The van der Waals surface area contributed by atoms with Crippen LogP contribution in [-0.2, 0) is 28.9 Å². The average molecular weight is 332 g/mol. The molecule has 1 amide bonds. The Morgan fingerprint density at radius 3 is 3.00 bits per heavy atom. The monoisotopic (exact) mass is 332 g/mol. The van der Waals surface area contributed by atoms with Crippen molar-refractivity contribution in [2.24, 2.45) is 0 Å². The Kier molecular flexibility index (Phi) is 4.57. The minimum absolute atomic E-state index is 0.0447. The topological polar surface area (TPSA) is 88.3 Å². The fourth-order valence-corrected chi connectivity index (χ4v) is 3.17. The lowest BCUT2D eigenvalue weighted by molar-refractivity contribution is -0.124. The molecule has 0 saturated carbocycles. The molecule has 0 atom stereocenters. The minimum Gasteiger partial charge on any atom is -0.452 e. The quantitative estimate of drug-likeness (QED) is 0.810. The van der Waals surface area contributed by atoms with Crippen LogP contribution in [0.4, 0.5) is 0 Å². The number of carbonyl (C=O) groups is 2. The molecule has 0 aliphatic heterocycles. The minimum atomic E-state index is -0.771. The number of thiophene rings is 1. The summed E-state index contributed by atoms with van der Waals surface area (Å²) in [6.45, 7) is -0.00574. The molecule has 0 bridgehead atoms. The number of fused-ring (bicyclic) bond motifs is 1. The molecule has 0 aromatic carbocycles. The summed E-state index contributed by atoms with van der Waals surface area (Å²) in [5, 5.41) is 4.57. The normalized spacial score (nSPS) is 12.7. The molecule has 1 aliphatic rings. The van der Waals surface area contributed by atoms with Gasteiger partial charge in [0, 0.05) is 10.6 Å². The molecule has 7 heteroatoms. The molecule has 0 spiro atoms. The number of aromatic nitrogens is 1. The summed E-state index contributed by atoms with van der Waals surface area (Å²) >= 11 is 1.53. The van der Waals surface area contributed by atoms with Crippen LogP contribution >= 0.6 is 11.3 Å². The second kappa shape index (κ2) is 6.78. The number of aryl methyl sites for hydroxylation is 2. The molecule has 0 fully saturated rings. The largest absolute Gasteiger partial charge is 0.452 e. The van der Waals surface area contributed by atoms with Crippen LogP contribution in [0.25, 0.3) is 0 Å². The standard InChI is InChI=1S/C16H16N2O4S/c19-14(17-8-11-4-2-6-23-11)9-22-16(21)12-7-10-3-1-5-13(10)18-15(12)20/h2,4,6-7H,1,3,5,8-9H2,(H,17,19)(H,18,20). The van der Waals surface area contributed by atoms with Crippen molar-refractivity contribution in [3.8, 4) is 0 Å². The maximum absolute atomic E-state index is 12.0. The number of pyridine rings is 1. The van der Waals surface area contributed by atoms with E-state index < -0.39 is 24.0 Å². The number of amides is 1. The van der Waals surface area contributed by atoms with Gasteiger partial charge in [0.2, 0.25) is 0 Å². The number of H-pyrrole nitrogens is 1. The first-order valence-electron chi connectivity index (χ1n) is 7.35. The summed E-state index contributed by atoms with van der Waals surface area (Å²) in [7, 11) is 0. The van der Waals surface area contributed by atoms with Crippen LogP contribution in [0.15, 0.2) is 28.4 Å². The van der Waals surface area contributed by atoms with Crippen LogP contribution in [0.1, 0.15) is 32.9 Å². The van der Waals surface area contributed by atoms with Gasteiger partial charge in [-0.1, -0.05) is 6.07 Å². The number of carbonyl (C=O) groups excluding carboxylic acids is 2. The molecule has 2 aromatic heterocycles. The average Bonchev–Trinajstić information content (AvgIpc) is 3.20. The van der Waals surface area contributed by atoms with Gasteiger partial charge in [0.1, 0.15) is 5.56 Å². The van der Waals surface area contributed by atoms with Crippen molar-refractivity contribution >= 4 is 23.2 Å². The molecule has 2 aromatic rings. The Hall–Kier alpha value is -2.41. The highest BCUT2D eigenvalue weighted by molar-refractivity contribution is 7.09. The molecule has 3 rings (SSSR count). The third kappa shape index (κ3) is 3.68. The maximum atomic E-state index is 12.0. The molecule has 0 radical (unpaired) electrons. The number of hydrogen-bond donors (Lipinski definition) is 2. The molecular formula is C16H16N2O4S. The second-order valence-electron chi connectivity index (χ2n) is 5.30. The SMILES string of the molecule is O=C(COC(=O)c1cc2c([nH]c1=O)CCC2)NCc1cccs1. The summed E-state index contributed by atoms with van der Waals surface area (Å²) in [5.41, 5.74) is 1.35. The Morgan fingerprint density at radius 1 is 1.35 bits per heavy atom. The molecule has 2 heterocycles. The zero-order valence-electron chi connectivity index (χ0n) is 12.4. The number of ether oxygens (including phenoxy) is 1. The van der Waals surface area contributed by atoms with Crippen molar-refractivity contribution in [3.63, 3.8) is 0 Å². The van der Waals surface area contributed by atoms with Crippen molar-refractivity contribution in [1.29, 1.82) is 0 Å². The molecule has 6 nitrogen and oxygen atoms in total. The van der Waals surface area contributed by atoms with Crippen LogP contribution in [0, 0.1) is 0 Å². The molecule has 23 heavy (non-hydrogen) atoms. The van der Waals surface area contributed by atoms with Crippen LogP contribution in [0.5, 0.6) is 0 Å². The first-order chi connectivity index (χ1) is 11.1. The number of hydrogen-bond acceptors (Lipinski definition) is 5. The highest BCUT2D eigenvalue weighted by Crippen LogP contribution is 2.19. The highest BCUT2D eigenvalue weighted by Gasteiger charge is 2.19. The molecule has 0 saturated heterocycles. The van der Waals surface area contributed by atoms with Gasteiger partial charge in [0.25, 0.3) is 11.5 Å². The molecule has 1 aliphatic carbocycles. The smallest absolute Gasteiger partial charge is 0.344 e. The van der Waals surface area contributed by atoms with E-state index in [2.05, 4.69) is 10.3 Å². The van der Waals surface area contributed by atoms with E-state index in [4.69, 9.17) is 4.74 Å². The van der Waals surface area contributed by atoms with Gasteiger partial charge in [-0.25, -0.2) is 4.79 Å². The van der Waals surface area contributed by atoms with Gasteiger partial charge < -0.3 is 15.0 Å². The summed E-state index contributed by atoms with van der Waals surface area (Å²) in [6, 6.07) is 5.38. The molecular weight excluding hydrogens is 316 g/mol. The van der Waals surface area contributed by atoms with E-state index >= 15 is 0 Å². The van der Waals surface area contributed by atoms with E-state index in [1.165, 1.54) is 11.3 Å². The lowest BCUT2D eigenvalue weighted by Crippen LogP contribution is -2.29. The zero-order valence-corrected chi connectivity index (χ0v) is 13.2. The Balaban J connectivity index is 1.55. The third-order valence-corrected chi connectivity index (χ3v) is 4.56. The van der Waals surface area contributed by atoms with E-state index in [1.807, 2.05) is 17.5 Å². The first kappa shape index (κ1) is 15.5. The number of esters is 1. The van der Waals surface area contributed by atoms with Crippen LogP contribution in [0.3, 0.4) is 0 Å². The van der Waals surface area contributed by atoms with Crippen LogP contribution < -0.4 is 10.9 Å². The molecule has 0 unspecified atom stereocenters. The van der Waals surface area contributed by atoms with Crippen LogP contribution in [0.2, 0.25) is 0 Å². The zero-order chi connectivity index (χ0) is 16.2. The lowest BCUT2D eigenvalue weighted by Gasteiger charge is -2.06. The van der Waals surface area contributed by atoms with Crippen molar-refractivity contribution in [3.05, 3.63) is 55.6 Å². The van der Waals surface area contributed by atoms with Crippen molar-refractivity contribution in [1.82, 2.24) is 10.3 Å². The van der Waals surface area contributed by atoms with Gasteiger partial charge in [-0.2, -0.15) is 0 Å². The summed E-state index contributed by atoms with van der Waals surface area (Å²) in [6.07, 6.45) is 2.63. The van der Waals surface area contributed by atoms with Gasteiger partial charge in [-0.15, -0.1) is 11.3 Å². The predicted molar refractivity (Wildman–Crippen MR) is 85.5 cm³/mol. The second-order valence-corrected chi connectivity index (χ2v) is 6.33. The summed E-state index contributed by atoms with van der Waals surface area (Å²) in [5.74, 6) is -1.17. The Morgan fingerprint density at radius 2 is 2.22 bits per heavy atom. The molecule has 120 valence electrons. The van der Waals surface area contributed by atoms with E-state index in [9.17, 15) is 14.4 Å². The van der Waals surface area contributed by atoms with Gasteiger partial charge in [-0.05, 0) is 42.3 Å². The third-order valence-electron chi connectivity index (χ3n) is 3.68. The highest BCUT2D eigenvalue weighted by atomic mass is 32.1. The maximum Gasteiger partial charge on any atom is 0.344 e. The van der Waals surface area contributed by atoms with E-state index in [-0.39, 0.29) is 5.56 Å². The van der Waals surface area contributed by atoms with Crippen LogP contribution in [-0.4, -0.2) is 23.5 Å². The summed E-state index contributed by atoms with van der Waals surface area (Å²) < 4.78 is 4.93. The first-order valence-corrected chi connectivity index (χ1v) is 8.23. The van der Waals surface area contributed by atoms with Gasteiger partial charge >= 0.3 is 5.97 Å². The van der Waals surface area contributed by atoms with E-state index in [0.717, 1.165) is 35.4 Å². The van der Waals surface area contributed by atoms with Crippen molar-refractivity contribution in [2.45, 2.75) is 25.8 Å². The van der Waals surface area contributed by atoms with Gasteiger partial charge in [-0.3, -0.25) is 9.59 Å². The molecule has 2 N–H and O–H groups in total. The number of rotatable bonds is 5. The Labute approximate surface area is 136 Å². The fraction of sp³-hybridized carbons (Fsp3) is 0.312. The van der Waals surface area contributed by atoms with Gasteiger partial charge in [0.15, 0.2) is 6.61 Å². The van der Waals surface area contributed by atoms with Gasteiger partial charge in [0.05, 0.1) is 6.54 Å². The number of nitrogens with one attached hydrogen (secondary N) is 2. The van der Waals surface area contributed by atoms with Crippen molar-refractivity contribution < 1.29 is 14.3 Å². The number of aromatic amines is 1. The fourth-order valence-electron chi connectivity index (χ4n) is 2.52. The predicted octanol–water partition coefficient (Wildman–Crippen LogP) is 1.40. The van der Waals surface area contributed by atoms with Crippen molar-refractivity contribution in [2.75, 3.05) is 6.61 Å². The van der Waals surface area contributed by atoms with E-state index in [1.54, 1.807) is 6.07 Å².